The maximum absolute atomic E-state index is 10.9. The van der Waals surface area contributed by atoms with E-state index in [0.717, 1.165) is 19.3 Å². The van der Waals surface area contributed by atoms with Gasteiger partial charge in [-0.3, -0.25) is 4.79 Å². The smallest absolute Gasteiger partial charge is 0.305 e. The fraction of sp³-hybridized carbons (Fsp3) is 0.917. The zero-order chi connectivity index (χ0) is 11.9. The lowest BCUT2D eigenvalue weighted by atomic mass is 9.85. The molecule has 0 spiro atoms. The molecule has 0 radical (unpaired) electrons. The molecule has 0 saturated heterocycles. The van der Waals surface area contributed by atoms with E-state index in [1.54, 1.807) is 0 Å². The monoisotopic (exact) mass is 216 g/mol. The molecule has 0 aromatic heterocycles. The van der Waals surface area contributed by atoms with E-state index in [9.17, 15) is 4.79 Å². The number of carbonyl (C=O) groups excluding carboxylic acids is 1. The van der Waals surface area contributed by atoms with Crippen LogP contribution in [-0.4, -0.2) is 24.8 Å². The van der Waals surface area contributed by atoms with Gasteiger partial charge in [-0.25, -0.2) is 0 Å². The number of methoxy groups -OCH3 is 1. The summed E-state index contributed by atoms with van der Waals surface area (Å²) >= 11 is 0. The summed E-state index contributed by atoms with van der Waals surface area (Å²) in [5.41, 5.74) is 0.290. The summed E-state index contributed by atoms with van der Waals surface area (Å²) in [5.74, 6) is 0.0348. The highest BCUT2D eigenvalue weighted by atomic mass is 16.5. The van der Waals surface area contributed by atoms with Crippen LogP contribution < -0.4 is 0 Å². The third kappa shape index (κ3) is 8.43. The molecule has 0 heterocycles. The average molecular weight is 216 g/mol. The van der Waals surface area contributed by atoms with E-state index < -0.39 is 0 Å². The van der Waals surface area contributed by atoms with Crippen LogP contribution in [0.5, 0.6) is 0 Å². The molecule has 0 aromatic rings. The molecule has 0 aliphatic rings. The summed E-state index contributed by atoms with van der Waals surface area (Å²) in [5, 5.41) is 9.16. The molecule has 0 amide bonds. The van der Waals surface area contributed by atoms with Gasteiger partial charge in [0, 0.05) is 13.0 Å². The number of ether oxygens (including phenoxy) is 1. The zero-order valence-electron chi connectivity index (χ0n) is 10.4. The summed E-state index contributed by atoms with van der Waals surface area (Å²) in [6.07, 6.45) is 3.17. The van der Waals surface area contributed by atoms with Crippen molar-refractivity contribution < 1.29 is 14.6 Å². The molecule has 0 bridgehead atoms. The highest BCUT2D eigenvalue weighted by Gasteiger charge is 2.15. The van der Waals surface area contributed by atoms with Crippen molar-refractivity contribution >= 4 is 5.97 Å². The minimum Gasteiger partial charge on any atom is -0.469 e. The van der Waals surface area contributed by atoms with Crippen LogP contribution in [0.1, 0.15) is 46.5 Å². The van der Waals surface area contributed by atoms with Crippen molar-refractivity contribution in [3.8, 4) is 0 Å². The third-order valence-corrected chi connectivity index (χ3v) is 2.55. The standard InChI is InChI=1S/C12H24O3/c1-12(2,3)8-7-10(9-13)5-6-11(14)15-4/h10,13H,5-9H2,1-4H3/t10-/m1/s1. The second-order valence-corrected chi connectivity index (χ2v) is 5.26. The SMILES string of the molecule is COC(=O)CC[C@@H](CO)CCC(C)(C)C. The van der Waals surface area contributed by atoms with Gasteiger partial charge in [-0.05, 0) is 30.6 Å². The number of hydrogen-bond donors (Lipinski definition) is 1. The summed E-state index contributed by atoms with van der Waals surface area (Å²) in [7, 11) is 1.39. The minimum absolute atomic E-state index is 0.160. The first-order valence-corrected chi connectivity index (χ1v) is 5.56. The number of esters is 1. The molecule has 0 aliphatic carbocycles. The molecule has 0 aromatic carbocycles. The molecule has 0 aliphatic heterocycles. The van der Waals surface area contributed by atoms with E-state index in [4.69, 9.17) is 5.11 Å². The first-order valence-electron chi connectivity index (χ1n) is 5.56. The second-order valence-electron chi connectivity index (χ2n) is 5.26. The van der Waals surface area contributed by atoms with Crippen molar-refractivity contribution in [2.24, 2.45) is 11.3 Å². The molecular formula is C12H24O3. The number of hydrogen-bond acceptors (Lipinski definition) is 3. The lowest BCUT2D eigenvalue weighted by Gasteiger charge is -2.21. The molecule has 3 heteroatoms. The topological polar surface area (TPSA) is 46.5 Å². The van der Waals surface area contributed by atoms with Crippen molar-refractivity contribution in [2.75, 3.05) is 13.7 Å². The highest BCUT2D eigenvalue weighted by Crippen LogP contribution is 2.25. The fourth-order valence-electron chi connectivity index (χ4n) is 1.39. The van der Waals surface area contributed by atoms with E-state index in [2.05, 4.69) is 25.5 Å². The molecule has 90 valence electrons. The van der Waals surface area contributed by atoms with Crippen LogP contribution in [-0.2, 0) is 9.53 Å². The number of aliphatic hydroxyl groups is 1. The molecule has 1 atom stereocenters. The molecule has 0 fully saturated rings. The van der Waals surface area contributed by atoms with E-state index in [1.807, 2.05) is 0 Å². The van der Waals surface area contributed by atoms with Gasteiger partial charge in [-0.15, -0.1) is 0 Å². The Morgan fingerprint density at radius 1 is 1.33 bits per heavy atom. The van der Waals surface area contributed by atoms with E-state index in [1.165, 1.54) is 7.11 Å². The molecule has 1 N–H and O–H groups in total. The summed E-state index contributed by atoms with van der Waals surface area (Å²) in [4.78, 5) is 10.9. The maximum Gasteiger partial charge on any atom is 0.305 e. The van der Waals surface area contributed by atoms with Gasteiger partial charge in [0.05, 0.1) is 7.11 Å². The number of rotatable bonds is 6. The molecular weight excluding hydrogens is 192 g/mol. The molecule has 0 rings (SSSR count). The largest absolute Gasteiger partial charge is 0.469 e. The van der Waals surface area contributed by atoms with Gasteiger partial charge in [0.1, 0.15) is 0 Å². The molecule has 0 unspecified atom stereocenters. The summed E-state index contributed by atoms with van der Waals surface area (Å²) in [6.45, 7) is 6.71. The Kier molecular flexibility index (Phi) is 6.57. The predicted octanol–water partition coefficient (Wildman–Crippen LogP) is 2.37. The summed E-state index contributed by atoms with van der Waals surface area (Å²) in [6, 6.07) is 0. The molecule has 3 nitrogen and oxygen atoms in total. The van der Waals surface area contributed by atoms with E-state index in [-0.39, 0.29) is 18.5 Å². The first kappa shape index (κ1) is 14.4. The molecule has 0 saturated carbocycles. The zero-order valence-corrected chi connectivity index (χ0v) is 10.4. The Labute approximate surface area is 92.8 Å². The van der Waals surface area contributed by atoms with Crippen molar-refractivity contribution in [1.29, 1.82) is 0 Å². The van der Waals surface area contributed by atoms with Crippen LogP contribution in [0.15, 0.2) is 0 Å². The lowest BCUT2D eigenvalue weighted by molar-refractivity contribution is -0.141. The van der Waals surface area contributed by atoms with Crippen LogP contribution in [0.4, 0.5) is 0 Å². The van der Waals surface area contributed by atoms with Gasteiger partial charge in [-0.2, -0.15) is 0 Å². The second kappa shape index (κ2) is 6.83. The van der Waals surface area contributed by atoms with Crippen molar-refractivity contribution in [1.82, 2.24) is 0 Å². The van der Waals surface area contributed by atoms with Crippen molar-refractivity contribution in [3.63, 3.8) is 0 Å². The summed E-state index contributed by atoms with van der Waals surface area (Å²) < 4.78 is 4.57. The van der Waals surface area contributed by atoms with Gasteiger partial charge >= 0.3 is 5.97 Å². The van der Waals surface area contributed by atoms with Gasteiger partial charge in [0.2, 0.25) is 0 Å². The Morgan fingerprint density at radius 2 is 1.93 bits per heavy atom. The highest BCUT2D eigenvalue weighted by molar-refractivity contribution is 5.69. The Bertz CT molecular complexity index is 182. The normalized spacial score (nSPS) is 13.7. The fourth-order valence-corrected chi connectivity index (χ4v) is 1.39. The number of carbonyl (C=O) groups is 1. The minimum atomic E-state index is -0.191. The first-order chi connectivity index (χ1) is 6.89. The maximum atomic E-state index is 10.9. The Hall–Kier alpha value is -0.570. The van der Waals surface area contributed by atoms with E-state index >= 15 is 0 Å². The van der Waals surface area contributed by atoms with Crippen LogP contribution >= 0.6 is 0 Å². The van der Waals surface area contributed by atoms with Gasteiger partial charge in [0.25, 0.3) is 0 Å². The van der Waals surface area contributed by atoms with Crippen molar-refractivity contribution in [2.45, 2.75) is 46.5 Å². The Balaban J connectivity index is 3.78. The van der Waals surface area contributed by atoms with Crippen LogP contribution in [0.3, 0.4) is 0 Å². The average Bonchev–Trinajstić information content (AvgIpc) is 2.16. The van der Waals surface area contributed by atoms with Gasteiger partial charge < -0.3 is 9.84 Å². The van der Waals surface area contributed by atoms with Gasteiger partial charge in [-0.1, -0.05) is 20.8 Å². The number of aliphatic hydroxyl groups excluding tert-OH is 1. The quantitative estimate of drug-likeness (QED) is 0.693. The van der Waals surface area contributed by atoms with Crippen molar-refractivity contribution in [3.05, 3.63) is 0 Å². The van der Waals surface area contributed by atoms with Crippen LogP contribution in [0.2, 0.25) is 0 Å². The van der Waals surface area contributed by atoms with Gasteiger partial charge in [0.15, 0.2) is 0 Å². The van der Waals surface area contributed by atoms with Crippen LogP contribution in [0.25, 0.3) is 0 Å². The van der Waals surface area contributed by atoms with E-state index in [0.29, 0.717) is 11.8 Å². The predicted molar refractivity (Wildman–Crippen MR) is 60.5 cm³/mol. The van der Waals surface area contributed by atoms with Crippen LogP contribution in [0, 0.1) is 11.3 Å². The molecule has 15 heavy (non-hydrogen) atoms. The Morgan fingerprint density at radius 3 is 2.33 bits per heavy atom. The third-order valence-electron chi connectivity index (χ3n) is 2.55. The lowest BCUT2D eigenvalue weighted by Crippen LogP contribution is -2.14.